The molecule has 0 aliphatic carbocycles. The van der Waals surface area contributed by atoms with Crippen LogP contribution in [0, 0.1) is 0 Å². The van der Waals surface area contributed by atoms with E-state index < -0.39 is 0 Å². The van der Waals surface area contributed by atoms with E-state index in [2.05, 4.69) is 21.2 Å². The second-order valence-corrected chi connectivity index (χ2v) is 6.54. The van der Waals surface area contributed by atoms with Crippen LogP contribution < -0.4 is 5.32 Å². The van der Waals surface area contributed by atoms with Crippen LogP contribution in [0.1, 0.15) is 22.7 Å². The number of carbonyl (C=O) groups excluding carboxylic acids is 1. The topological polar surface area (TPSA) is 29.1 Å². The van der Waals surface area contributed by atoms with Crippen LogP contribution in [0.15, 0.2) is 89.4 Å². The highest BCUT2D eigenvalue weighted by Crippen LogP contribution is 2.22. The summed E-state index contributed by atoms with van der Waals surface area (Å²) in [6.45, 7) is 0. The number of hydrogen-bond acceptors (Lipinski definition) is 1. The van der Waals surface area contributed by atoms with Gasteiger partial charge in [0.05, 0.1) is 12.5 Å². The molecule has 0 aromatic heterocycles. The third-order valence-electron chi connectivity index (χ3n) is 3.85. The minimum Gasteiger partial charge on any atom is -0.345 e. The third kappa shape index (κ3) is 4.33. The Labute approximate surface area is 150 Å². The molecule has 3 rings (SSSR count). The van der Waals surface area contributed by atoms with Crippen LogP contribution in [0.3, 0.4) is 0 Å². The third-order valence-corrected chi connectivity index (χ3v) is 4.38. The Kier molecular flexibility index (Phi) is 5.44. The molecule has 0 spiro atoms. The standard InChI is InChI=1S/C21H18BrNO/c22-19-13-11-16(12-14-19)15-20(24)23-21(17-7-3-1-4-8-17)18-9-5-2-6-10-18/h1-14,21H,15H2,(H,23,24). The number of halogens is 1. The van der Waals surface area contributed by atoms with Crippen molar-refractivity contribution in [1.82, 2.24) is 5.32 Å². The summed E-state index contributed by atoms with van der Waals surface area (Å²) in [5, 5.41) is 3.16. The van der Waals surface area contributed by atoms with Crippen molar-refractivity contribution >= 4 is 21.8 Å². The number of rotatable bonds is 5. The lowest BCUT2D eigenvalue weighted by Crippen LogP contribution is -2.30. The number of amides is 1. The van der Waals surface area contributed by atoms with Crippen molar-refractivity contribution in [3.8, 4) is 0 Å². The monoisotopic (exact) mass is 379 g/mol. The van der Waals surface area contributed by atoms with Gasteiger partial charge in [-0.3, -0.25) is 4.79 Å². The van der Waals surface area contributed by atoms with Gasteiger partial charge in [-0.1, -0.05) is 88.7 Å². The highest BCUT2D eigenvalue weighted by molar-refractivity contribution is 9.10. The number of nitrogens with one attached hydrogen (secondary N) is 1. The largest absolute Gasteiger partial charge is 0.345 e. The van der Waals surface area contributed by atoms with Gasteiger partial charge in [0, 0.05) is 4.47 Å². The zero-order chi connectivity index (χ0) is 16.8. The molecular weight excluding hydrogens is 362 g/mol. The van der Waals surface area contributed by atoms with Gasteiger partial charge in [-0.2, -0.15) is 0 Å². The molecule has 2 nitrogen and oxygen atoms in total. The van der Waals surface area contributed by atoms with Crippen molar-refractivity contribution in [3.05, 3.63) is 106 Å². The van der Waals surface area contributed by atoms with E-state index in [0.717, 1.165) is 21.2 Å². The highest BCUT2D eigenvalue weighted by atomic mass is 79.9. The molecule has 0 heterocycles. The molecular formula is C21H18BrNO. The van der Waals surface area contributed by atoms with Crippen LogP contribution in [0.25, 0.3) is 0 Å². The van der Waals surface area contributed by atoms with Crippen molar-refractivity contribution in [2.75, 3.05) is 0 Å². The fourth-order valence-electron chi connectivity index (χ4n) is 2.65. The number of hydrogen-bond donors (Lipinski definition) is 1. The maximum Gasteiger partial charge on any atom is 0.225 e. The second-order valence-electron chi connectivity index (χ2n) is 5.63. The Hall–Kier alpha value is -2.39. The van der Waals surface area contributed by atoms with Crippen molar-refractivity contribution < 1.29 is 4.79 Å². The minimum absolute atomic E-state index is 0.00929. The summed E-state index contributed by atoms with van der Waals surface area (Å²) in [6, 6.07) is 27.8. The lowest BCUT2D eigenvalue weighted by Gasteiger charge is -2.20. The molecule has 3 heteroatoms. The van der Waals surface area contributed by atoms with Gasteiger partial charge in [0.25, 0.3) is 0 Å². The molecule has 0 fully saturated rings. The van der Waals surface area contributed by atoms with Crippen molar-refractivity contribution in [2.45, 2.75) is 12.5 Å². The fraction of sp³-hybridized carbons (Fsp3) is 0.0952. The molecule has 3 aromatic rings. The first kappa shape index (κ1) is 16.5. The van der Waals surface area contributed by atoms with E-state index in [4.69, 9.17) is 0 Å². The van der Waals surface area contributed by atoms with Crippen molar-refractivity contribution in [1.29, 1.82) is 0 Å². The van der Waals surface area contributed by atoms with E-state index >= 15 is 0 Å². The Bertz CT molecular complexity index is 746. The van der Waals surface area contributed by atoms with E-state index in [1.807, 2.05) is 84.9 Å². The molecule has 1 N–H and O–H groups in total. The smallest absolute Gasteiger partial charge is 0.225 e. The zero-order valence-corrected chi connectivity index (χ0v) is 14.7. The molecule has 0 bridgehead atoms. The van der Waals surface area contributed by atoms with Gasteiger partial charge in [0.2, 0.25) is 5.91 Å². The fourth-order valence-corrected chi connectivity index (χ4v) is 2.91. The average Bonchev–Trinajstić information content (AvgIpc) is 2.63. The van der Waals surface area contributed by atoms with Crippen molar-refractivity contribution in [2.24, 2.45) is 0 Å². The average molecular weight is 380 g/mol. The molecule has 120 valence electrons. The van der Waals surface area contributed by atoms with Crippen LogP contribution in [-0.4, -0.2) is 5.91 Å². The Morgan fingerprint density at radius 1 is 0.792 bits per heavy atom. The molecule has 0 aliphatic heterocycles. The summed E-state index contributed by atoms with van der Waals surface area (Å²) in [6.07, 6.45) is 0.365. The summed E-state index contributed by atoms with van der Waals surface area (Å²) >= 11 is 3.41. The highest BCUT2D eigenvalue weighted by Gasteiger charge is 2.16. The zero-order valence-electron chi connectivity index (χ0n) is 13.2. The predicted molar refractivity (Wildman–Crippen MR) is 101 cm³/mol. The Morgan fingerprint density at radius 3 is 1.79 bits per heavy atom. The lowest BCUT2D eigenvalue weighted by atomic mass is 9.98. The van der Waals surface area contributed by atoms with Gasteiger partial charge < -0.3 is 5.32 Å². The molecule has 0 radical (unpaired) electrons. The first-order valence-electron chi connectivity index (χ1n) is 7.86. The van der Waals surface area contributed by atoms with E-state index in [1.165, 1.54) is 0 Å². The quantitative estimate of drug-likeness (QED) is 0.671. The molecule has 3 aromatic carbocycles. The summed E-state index contributed by atoms with van der Waals surface area (Å²) in [5.41, 5.74) is 3.15. The number of carbonyl (C=O) groups is 1. The minimum atomic E-state index is -0.143. The van der Waals surface area contributed by atoms with Gasteiger partial charge >= 0.3 is 0 Å². The van der Waals surface area contributed by atoms with Gasteiger partial charge in [-0.05, 0) is 28.8 Å². The summed E-state index contributed by atoms with van der Waals surface area (Å²) in [4.78, 5) is 12.5. The van der Waals surface area contributed by atoms with E-state index in [9.17, 15) is 4.79 Å². The van der Waals surface area contributed by atoms with Crippen molar-refractivity contribution in [3.63, 3.8) is 0 Å². The van der Waals surface area contributed by atoms with Gasteiger partial charge in [0.1, 0.15) is 0 Å². The molecule has 0 atom stereocenters. The Balaban J connectivity index is 1.79. The van der Waals surface area contributed by atoms with E-state index in [0.29, 0.717) is 6.42 Å². The molecule has 0 saturated carbocycles. The first-order valence-corrected chi connectivity index (χ1v) is 8.65. The van der Waals surface area contributed by atoms with Gasteiger partial charge in [-0.15, -0.1) is 0 Å². The normalized spacial score (nSPS) is 10.6. The Morgan fingerprint density at radius 2 is 1.29 bits per heavy atom. The van der Waals surface area contributed by atoms with Crippen LogP contribution in [-0.2, 0) is 11.2 Å². The van der Waals surface area contributed by atoms with E-state index in [-0.39, 0.29) is 11.9 Å². The van der Waals surface area contributed by atoms with Crippen LogP contribution in [0.4, 0.5) is 0 Å². The molecule has 24 heavy (non-hydrogen) atoms. The van der Waals surface area contributed by atoms with Gasteiger partial charge in [0.15, 0.2) is 0 Å². The van der Waals surface area contributed by atoms with Crippen LogP contribution in [0.2, 0.25) is 0 Å². The van der Waals surface area contributed by atoms with Gasteiger partial charge in [-0.25, -0.2) is 0 Å². The van der Waals surface area contributed by atoms with Crippen LogP contribution in [0.5, 0.6) is 0 Å². The molecule has 0 unspecified atom stereocenters. The van der Waals surface area contributed by atoms with E-state index in [1.54, 1.807) is 0 Å². The first-order chi connectivity index (χ1) is 11.7. The molecule has 0 saturated heterocycles. The van der Waals surface area contributed by atoms with Crippen LogP contribution >= 0.6 is 15.9 Å². The SMILES string of the molecule is O=C(Cc1ccc(Br)cc1)NC(c1ccccc1)c1ccccc1. The molecule has 0 aliphatic rings. The maximum atomic E-state index is 12.5. The summed E-state index contributed by atoms with van der Waals surface area (Å²) < 4.78 is 1.01. The summed E-state index contributed by atoms with van der Waals surface area (Å²) in [7, 11) is 0. The predicted octanol–water partition coefficient (Wildman–Crippen LogP) is 4.90. The maximum absolute atomic E-state index is 12.5. The number of benzene rings is 3. The summed E-state index contributed by atoms with van der Waals surface area (Å²) in [5.74, 6) is 0.00929. The molecule has 1 amide bonds. The lowest BCUT2D eigenvalue weighted by molar-refractivity contribution is -0.120. The second kappa shape index (κ2) is 7.93.